The van der Waals surface area contributed by atoms with E-state index in [1.54, 1.807) is 12.1 Å². The molecule has 0 aliphatic heterocycles. The van der Waals surface area contributed by atoms with Crippen LogP contribution in [0.15, 0.2) is 56.3 Å². The Hall–Kier alpha value is -1.02. The van der Waals surface area contributed by atoms with Gasteiger partial charge in [0.05, 0.1) is 11.5 Å². The summed E-state index contributed by atoms with van der Waals surface area (Å²) in [6, 6.07) is 11.1. The van der Waals surface area contributed by atoms with Crippen molar-refractivity contribution < 1.29 is 17.4 Å². The van der Waals surface area contributed by atoms with E-state index >= 15 is 0 Å². The SMILES string of the molecule is CC(C)(C)COS(=O)(=O)c1ccc(C(=O)c2cc(Br)ccc2Br)cc1. The first-order valence-corrected chi connectivity index (χ1v) is 10.5. The minimum Gasteiger partial charge on any atom is -0.289 e. The van der Waals surface area contributed by atoms with Crippen molar-refractivity contribution in [3.05, 3.63) is 62.5 Å². The smallest absolute Gasteiger partial charge is 0.289 e. The van der Waals surface area contributed by atoms with Gasteiger partial charge in [0.25, 0.3) is 10.1 Å². The second kappa shape index (κ2) is 7.70. The molecule has 0 saturated carbocycles. The number of hydrogen-bond donors (Lipinski definition) is 0. The summed E-state index contributed by atoms with van der Waals surface area (Å²) in [7, 11) is -3.84. The van der Waals surface area contributed by atoms with Gasteiger partial charge in [0.2, 0.25) is 0 Å². The lowest BCUT2D eigenvalue weighted by Crippen LogP contribution is -2.18. The number of hydrogen-bond acceptors (Lipinski definition) is 4. The van der Waals surface area contributed by atoms with Crippen molar-refractivity contribution in [1.82, 2.24) is 0 Å². The van der Waals surface area contributed by atoms with Gasteiger partial charge < -0.3 is 0 Å². The molecule has 0 unspecified atom stereocenters. The zero-order valence-corrected chi connectivity index (χ0v) is 18.0. The van der Waals surface area contributed by atoms with Gasteiger partial charge >= 0.3 is 0 Å². The van der Waals surface area contributed by atoms with Gasteiger partial charge in [-0.05, 0) is 47.9 Å². The first-order chi connectivity index (χ1) is 11.5. The topological polar surface area (TPSA) is 60.4 Å². The van der Waals surface area contributed by atoms with Crippen molar-refractivity contribution in [2.24, 2.45) is 5.41 Å². The molecule has 4 nitrogen and oxygen atoms in total. The Morgan fingerprint density at radius 3 is 2.20 bits per heavy atom. The minimum absolute atomic E-state index is 0.0293. The summed E-state index contributed by atoms with van der Waals surface area (Å²) >= 11 is 6.70. The van der Waals surface area contributed by atoms with Crippen LogP contribution in [-0.4, -0.2) is 20.8 Å². The number of carbonyl (C=O) groups is 1. The Balaban J connectivity index is 2.25. The van der Waals surface area contributed by atoms with Crippen LogP contribution in [0.4, 0.5) is 0 Å². The van der Waals surface area contributed by atoms with Gasteiger partial charge in [0.15, 0.2) is 5.78 Å². The summed E-state index contributed by atoms with van der Waals surface area (Å²) in [5, 5.41) is 0. The monoisotopic (exact) mass is 488 g/mol. The van der Waals surface area contributed by atoms with Crippen molar-refractivity contribution in [2.75, 3.05) is 6.61 Å². The number of halogens is 2. The van der Waals surface area contributed by atoms with Gasteiger partial charge in [-0.2, -0.15) is 8.42 Å². The summed E-state index contributed by atoms with van der Waals surface area (Å²) in [6.45, 7) is 5.75. The van der Waals surface area contributed by atoms with E-state index in [0.29, 0.717) is 15.6 Å². The molecule has 0 spiro atoms. The Kier molecular flexibility index (Phi) is 6.25. The minimum atomic E-state index is -3.84. The van der Waals surface area contributed by atoms with Gasteiger partial charge in [-0.15, -0.1) is 0 Å². The Morgan fingerprint density at radius 1 is 1.04 bits per heavy atom. The van der Waals surface area contributed by atoms with Crippen LogP contribution in [0.2, 0.25) is 0 Å². The molecule has 0 aliphatic rings. The number of ketones is 1. The lowest BCUT2D eigenvalue weighted by atomic mass is 9.99. The lowest BCUT2D eigenvalue weighted by Gasteiger charge is -2.17. The first kappa shape index (κ1) is 20.3. The molecule has 0 atom stereocenters. The Morgan fingerprint density at radius 2 is 1.64 bits per heavy atom. The average molecular weight is 490 g/mol. The third-order valence-corrected chi connectivity index (χ3v) is 5.69. The number of carbonyl (C=O) groups excluding carboxylic acids is 1. The largest absolute Gasteiger partial charge is 0.296 e. The van der Waals surface area contributed by atoms with E-state index in [1.165, 1.54) is 24.3 Å². The highest BCUT2D eigenvalue weighted by atomic mass is 79.9. The van der Waals surface area contributed by atoms with Gasteiger partial charge in [0.1, 0.15) is 0 Å². The Bertz CT molecular complexity index is 882. The quantitative estimate of drug-likeness (QED) is 0.428. The van der Waals surface area contributed by atoms with Crippen molar-refractivity contribution >= 4 is 47.8 Å². The van der Waals surface area contributed by atoms with Crippen molar-refractivity contribution in [3.63, 3.8) is 0 Å². The molecule has 0 saturated heterocycles. The molecular weight excluding hydrogens is 472 g/mol. The summed E-state index contributed by atoms with van der Waals surface area (Å²) in [5.74, 6) is -0.201. The maximum absolute atomic E-state index is 12.6. The van der Waals surface area contributed by atoms with E-state index in [2.05, 4.69) is 31.9 Å². The van der Waals surface area contributed by atoms with E-state index in [-0.39, 0.29) is 22.7 Å². The first-order valence-electron chi connectivity index (χ1n) is 7.49. The second-order valence-corrected chi connectivity index (χ2v) is 10.1. The summed E-state index contributed by atoms with van der Waals surface area (Å²) in [5.41, 5.74) is 0.623. The summed E-state index contributed by atoms with van der Waals surface area (Å²) in [4.78, 5) is 12.6. The normalized spacial score (nSPS) is 12.2. The van der Waals surface area contributed by atoms with E-state index in [1.807, 2.05) is 26.8 Å². The molecule has 0 amide bonds. The van der Waals surface area contributed by atoms with Crippen molar-refractivity contribution in [2.45, 2.75) is 25.7 Å². The molecule has 134 valence electrons. The van der Waals surface area contributed by atoms with Crippen LogP contribution in [-0.2, 0) is 14.3 Å². The van der Waals surface area contributed by atoms with Crippen LogP contribution in [0.3, 0.4) is 0 Å². The molecule has 0 radical (unpaired) electrons. The summed E-state index contributed by atoms with van der Waals surface area (Å²) in [6.07, 6.45) is 0. The number of rotatable bonds is 5. The zero-order valence-electron chi connectivity index (χ0n) is 14.0. The van der Waals surface area contributed by atoms with Crippen molar-refractivity contribution in [1.29, 1.82) is 0 Å². The maximum atomic E-state index is 12.6. The fourth-order valence-electron chi connectivity index (χ4n) is 1.92. The van der Waals surface area contributed by atoms with E-state index in [0.717, 1.165) is 4.47 Å². The lowest BCUT2D eigenvalue weighted by molar-refractivity contribution is 0.103. The van der Waals surface area contributed by atoms with E-state index in [9.17, 15) is 13.2 Å². The molecule has 0 aromatic heterocycles. The molecule has 0 N–H and O–H groups in total. The molecular formula is C18H18Br2O4S. The van der Waals surface area contributed by atoms with Crippen LogP contribution in [0.1, 0.15) is 36.7 Å². The standard InChI is InChI=1S/C18H18Br2O4S/c1-18(2,3)11-24-25(22,23)14-7-4-12(5-8-14)17(21)15-10-13(19)6-9-16(15)20/h4-10H,11H2,1-3H3. The molecule has 2 aromatic rings. The van der Waals surface area contributed by atoms with Crippen LogP contribution in [0.5, 0.6) is 0 Å². The van der Waals surface area contributed by atoms with Crippen LogP contribution in [0, 0.1) is 5.41 Å². The molecule has 0 bridgehead atoms. The molecule has 7 heteroatoms. The van der Waals surface area contributed by atoms with E-state index < -0.39 is 10.1 Å². The van der Waals surface area contributed by atoms with E-state index in [4.69, 9.17) is 4.18 Å². The second-order valence-electron chi connectivity index (χ2n) is 6.75. The molecule has 2 aromatic carbocycles. The van der Waals surface area contributed by atoms with Gasteiger partial charge in [-0.3, -0.25) is 8.98 Å². The highest BCUT2D eigenvalue weighted by Crippen LogP contribution is 2.25. The summed E-state index contributed by atoms with van der Waals surface area (Å²) < 4.78 is 30.9. The Labute approximate surface area is 165 Å². The van der Waals surface area contributed by atoms with Gasteiger partial charge in [-0.25, -0.2) is 0 Å². The third-order valence-electron chi connectivity index (χ3n) is 3.23. The third kappa shape index (κ3) is 5.48. The maximum Gasteiger partial charge on any atom is 0.296 e. The van der Waals surface area contributed by atoms with Crippen LogP contribution < -0.4 is 0 Å². The van der Waals surface area contributed by atoms with Crippen molar-refractivity contribution in [3.8, 4) is 0 Å². The molecule has 0 heterocycles. The average Bonchev–Trinajstić information content (AvgIpc) is 2.54. The fourth-order valence-corrected chi connectivity index (χ4v) is 3.82. The van der Waals surface area contributed by atoms with Gasteiger partial charge in [0, 0.05) is 20.1 Å². The molecule has 25 heavy (non-hydrogen) atoms. The van der Waals surface area contributed by atoms with Crippen LogP contribution >= 0.6 is 31.9 Å². The van der Waals surface area contributed by atoms with Crippen LogP contribution in [0.25, 0.3) is 0 Å². The highest BCUT2D eigenvalue weighted by Gasteiger charge is 2.21. The predicted molar refractivity (Wildman–Crippen MR) is 104 cm³/mol. The molecule has 2 rings (SSSR count). The predicted octanol–water partition coefficient (Wildman–Crippen LogP) is 5.19. The zero-order chi connectivity index (χ0) is 18.8. The molecule has 0 aliphatic carbocycles. The highest BCUT2D eigenvalue weighted by molar-refractivity contribution is 9.11. The van der Waals surface area contributed by atoms with Gasteiger partial charge in [-0.1, -0.05) is 52.6 Å². The number of benzene rings is 2. The fraction of sp³-hybridized carbons (Fsp3) is 0.278. The molecule has 0 fully saturated rings.